The zero-order valence-electron chi connectivity index (χ0n) is 10.4. The highest BCUT2D eigenvalue weighted by molar-refractivity contribution is 7.19. The fraction of sp³-hybridized carbons (Fsp3) is 0.286. The zero-order chi connectivity index (χ0) is 12.5. The first-order chi connectivity index (χ1) is 7.94. The summed E-state index contributed by atoms with van der Waals surface area (Å²) in [7, 11) is 0. The number of ether oxygens (including phenoxy) is 1. The monoisotopic (exact) mass is 247 g/mol. The summed E-state index contributed by atoms with van der Waals surface area (Å²) in [5.41, 5.74) is 6.74. The Morgan fingerprint density at radius 1 is 1.00 bits per heavy atom. The number of rotatable bonds is 2. The second-order valence-electron chi connectivity index (χ2n) is 4.94. The maximum Gasteiger partial charge on any atom is 0.120 e. The Balaban J connectivity index is 2.19. The van der Waals surface area contributed by atoms with Crippen LogP contribution in [0.5, 0.6) is 5.75 Å². The Hall–Kier alpha value is -1.48. The summed E-state index contributed by atoms with van der Waals surface area (Å²) in [6, 6.07) is 12.1. The Bertz CT molecular complexity index is 494. The molecule has 0 saturated heterocycles. The fourth-order valence-electron chi connectivity index (χ4n) is 1.55. The molecule has 1 aromatic carbocycles. The van der Waals surface area contributed by atoms with Gasteiger partial charge in [-0.05, 0) is 62.7 Å². The predicted octanol–water partition coefficient (Wildman–Crippen LogP) is 4.17. The van der Waals surface area contributed by atoms with Gasteiger partial charge in [0, 0.05) is 4.88 Å². The van der Waals surface area contributed by atoms with Crippen molar-refractivity contribution in [3.63, 3.8) is 0 Å². The van der Waals surface area contributed by atoms with Crippen LogP contribution in [0.1, 0.15) is 20.8 Å². The standard InChI is InChI=1S/C14H17NOS/c1-14(2,3)16-11-6-4-10(5-7-11)12-8-9-13(15)17-12/h4-9H,15H2,1-3H3. The van der Waals surface area contributed by atoms with Crippen LogP contribution in [0.25, 0.3) is 10.4 Å². The molecule has 0 fully saturated rings. The molecular weight excluding hydrogens is 230 g/mol. The van der Waals surface area contributed by atoms with Crippen LogP contribution in [-0.2, 0) is 0 Å². The number of nitrogens with two attached hydrogens (primary N) is 1. The van der Waals surface area contributed by atoms with Gasteiger partial charge in [-0.1, -0.05) is 0 Å². The summed E-state index contributed by atoms with van der Waals surface area (Å²) in [6.07, 6.45) is 0. The third-order valence-corrected chi connectivity index (χ3v) is 3.15. The Kier molecular flexibility index (Phi) is 3.11. The second-order valence-corrected chi connectivity index (χ2v) is 6.06. The van der Waals surface area contributed by atoms with Crippen LogP contribution in [0.3, 0.4) is 0 Å². The number of thiophene rings is 1. The molecule has 0 amide bonds. The quantitative estimate of drug-likeness (QED) is 0.864. The summed E-state index contributed by atoms with van der Waals surface area (Å²) in [5.74, 6) is 0.894. The maximum atomic E-state index is 5.78. The van der Waals surface area contributed by atoms with Crippen LogP contribution in [-0.4, -0.2) is 5.60 Å². The van der Waals surface area contributed by atoms with E-state index in [1.54, 1.807) is 11.3 Å². The minimum atomic E-state index is -0.158. The summed E-state index contributed by atoms with van der Waals surface area (Å²) < 4.78 is 5.78. The van der Waals surface area contributed by atoms with Crippen molar-refractivity contribution in [2.45, 2.75) is 26.4 Å². The molecule has 17 heavy (non-hydrogen) atoms. The minimum absolute atomic E-state index is 0.158. The summed E-state index contributed by atoms with van der Waals surface area (Å²) >= 11 is 1.60. The van der Waals surface area contributed by atoms with Crippen molar-refractivity contribution in [3.8, 4) is 16.2 Å². The minimum Gasteiger partial charge on any atom is -0.488 e. The zero-order valence-corrected chi connectivity index (χ0v) is 11.2. The average molecular weight is 247 g/mol. The van der Waals surface area contributed by atoms with E-state index < -0.39 is 0 Å². The Morgan fingerprint density at radius 3 is 2.12 bits per heavy atom. The van der Waals surface area contributed by atoms with E-state index >= 15 is 0 Å². The molecule has 1 heterocycles. The number of hydrogen-bond donors (Lipinski definition) is 1. The molecule has 2 nitrogen and oxygen atoms in total. The molecule has 1 aromatic heterocycles. The van der Waals surface area contributed by atoms with E-state index in [-0.39, 0.29) is 5.60 Å². The molecule has 0 aliphatic heterocycles. The van der Waals surface area contributed by atoms with Gasteiger partial charge in [-0.2, -0.15) is 0 Å². The van der Waals surface area contributed by atoms with E-state index in [4.69, 9.17) is 10.5 Å². The van der Waals surface area contributed by atoms with Gasteiger partial charge in [0.1, 0.15) is 11.4 Å². The van der Waals surface area contributed by atoms with Crippen molar-refractivity contribution in [1.29, 1.82) is 0 Å². The van der Waals surface area contributed by atoms with Gasteiger partial charge in [0.25, 0.3) is 0 Å². The Labute approximate surface area is 106 Å². The fourth-order valence-corrected chi connectivity index (χ4v) is 2.33. The lowest BCUT2D eigenvalue weighted by Crippen LogP contribution is -2.22. The molecule has 2 rings (SSSR count). The lowest BCUT2D eigenvalue weighted by molar-refractivity contribution is 0.131. The maximum absolute atomic E-state index is 5.78. The molecule has 0 aliphatic carbocycles. The lowest BCUT2D eigenvalue weighted by atomic mass is 10.1. The third kappa shape index (κ3) is 3.24. The van der Waals surface area contributed by atoms with Crippen LogP contribution in [0.2, 0.25) is 0 Å². The first-order valence-electron chi connectivity index (χ1n) is 5.59. The molecule has 0 spiro atoms. The van der Waals surface area contributed by atoms with Gasteiger partial charge >= 0.3 is 0 Å². The van der Waals surface area contributed by atoms with Gasteiger partial charge < -0.3 is 10.5 Å². The number of anilines is 1. The Morgan fingerprint density at radius 2 is 1.65 bits per heavy atom. The highest BCUT2D eigenvalue weighted by Gasteiger charge is 2.11. The molecular formula is C14H17NOS. The largest absolute Gasteiger partial charge is 0.488 e. The molecule has 0 atom stereocenters. The van der Waals surface area contributed by atoms with Gasteiger partial charge in [-0.15, -0.1) is 11.3 Å². The van der Waals surface area contributed by atoms with Gasteiger partial charge in [0.2, 0.25) is 0 Å². The average Bonchev–Trinajstić information content (AvgIpc) is 2.63. The van der Waals surface area contributed by atoms with E-state index in [0.29, 0.717) is 0 Å². The van der Waals surface area contributed by atoms with Crippen LogP contribution < -0.4 is 10.5 Å². The highest BCUT2D eigenvalue weighted by atomic mass is 32.1. The van der Waals surface area contributed by atoms with E-state index in [1.165, 1.54) is 10.4 Å². The van der Waals surface area contributed by atoms with Crippen molar-refractivity contribution in [1.82, 2.24) is 0 Å². The van der Waals surface area contributed by atoms with E-state index in [0.717, 1.165) is 10.8 Å². The first kappa shape index (κ1) is 12.0. The van der Waals surface area contributed by atoms with Crippen LogP contribution in [0.15, 0.2) is 36.4 Å². The van der Waals surface area contributed by atoms with Crippen molar-refractivity contribution >= 4 is 16.3 Å². The highest BCUT2D eigenvalue weighted by Crippen LogP contribution is 2.31. The van der Waals surface area contributed by atoms with E-state index in [1.807, 2.05) is 45.0 Å². The third-order valence-electron chi connectivity index (χ3n) is 2.19. The molecule has 0 aliphatic rings. The van der Waals surface area contributed by atoms with Crippen LogP contribution in [0.4, 0.5) is 5.00 Å². The summed E-state index contributed by atoms with van der Waals surface area (Å²) in [4.78, 5) is 1.19. The van der Waals surface area contributed by atoms with Crippen LogP contribution >= 0.6 is 11.3 Å². The normalized spacial score (nSPS) is 11.5. The van der Waals surface area contributed by atoms with Gasteiger partial charge in [-0.3, -0.25) is 0 Å². The number of hydrogen-bond acceptors (Lipinski definition) is 3. The smallest absolute Gasteiger partial charge is 0.120 e. The van der Waals surface area contributed by atoms with Crippen LogP contribution in [0, 0.1) is 0 Å². The van der Waals surface area contributed by atoms with Crippen molar-refractivity contribution < 1.29 is 4.74 Å². The van der Waals surface area contributed by atoms with Crippen molar-refractivity contribution in [2.24, 2.45) is 0 Å². The molecule has 3 heteroatoms. The second kappa shape index (κ2) is 4.41. The van der Waals surface area contributed by atoms with Crippen molar-refractivity contribution in [3.05, 3.63) is 36.4 Å². The number of nitrogen functional groups attached to an aromatic ring is 1. The molecule has 0 unspecified atom stereocenters. The molecule has 2 aromatic rings. The summed E-state index contributed by atoms with van der Waals surface area (Å²) in [5, 5.41) is 0.843. The van der Waals surface area contributed by atoms with E-state index in [2.05, 4.69) is 12.1 Å². The lowest BCUT2D eigenvalue weighted by Gasteiger charge is -2.21. The predicted molar refractivity (Wildman–Crippen MR) is 74.5 cm³/mol. The molecule has 90 valence electrons. The van der Waals surface area contributed by atoms with Gasteiger partial charge in [0.05, 0.1) is 5.00 Å². The molecule has 0 saturated carbocycles. The van der Waals surface area contributed by atoms with Gasteiger partial charge in [-0.25, -0.2) is 0 Å². The van der Waals surface area contributed by atoms with E-state index in [9.17, 15) is 0 Å². The summed E-state index contributed by atoms with van der Waals surface area (Å²) in [6.45, 7) is 6.13. The topological polar surface area (TPSA) is 35.2 Å². The molecule has 0 bridgehead atoms. The van der Waals surface area contributed by atoms with Gasteiger partial charge in [0.15, 0.2) is 0 Å². The molecule has 2 N–H and O–H groups in total. The number of benzene rings is 1. The first-order valence-corrected chi connectivity index (χ1v) is 6.40. The SMILES string of the molecule is CC(C)(C)Oc1ccc(-c2ccc(N)s2)cc1. The molecule has 0 radical (unpaired) electrons. The van der Waals surface area contributed by atoms with Crippen molar-refractivity contribution in [2.75, 3.05) is 5.73 Å².